The van der Waals surface area contributed by atoms with Crippen LogP contribution in [0.3, 0.4) is 0 Å². The third-order valence-corrected chi connectivity index (χ3v) is 4.59. The third-order valence-electron chi connectivity index (χ3n) is 4.59. The zero-order chi connectivity index (χ0) is 20.3. The number of hydrogen-bond acceptors (Lipinski definition) is 0. The monoisotopic (exact) mass is 370 g/mol. The Morgan fingerprint density at radius 3 is 1.64 bits per heavy atom. The Kier molecular flexibility index (Phi) is 5.62. The van der Waals surface area contributed by atoms with E-state index in [1.807, 2.05) is 12.1 Å². The van der Waals surface area contributed by atoms with Crippen molar-refractivity contribution in [3.05, 3.63) is 105 Å². The fraction of sp³-hybridized carbons (Fsp3) is 0.154. The minimum Gasteiger partial charge on any atom is -0.206 e. The number of halogens is 2. The molecule has 0 aliphatic heterocycles. The van der Waals surface area contributed by atoms with E-state index in [0.29, 0.717) is 11.1 Å². The molecule has 0 aromatic heterocycles. The fourth-order valence-corrected chi connectivity index (χ4v) is 2.83. The van der Waals surface area contributed by atoms with Gasteiger partial charge in [-0.2, -0.15) is 0 Å². The summed E-state index contributed by atoms with van der Waals surface area (Å²) < 4.78 is 27.7. The molecule has 0 heterocycles. The van der Waals surface area contributed by atoms with E-state index in [1.54, 1.807) is 19.1 Å². The van der Waals surface area contributed by atoms with Gasteiger partial charge in [-0.3, -0.25) is 0 Å². The second-order valence-corrected chi connectivity index (χ2v) is 6.93. The van der Waals surface area contributed by atoms with Crippen LogP contribution in [-0.2, 0) is 0 Å². The minimum atomic E-state index is -0.642. The Morgan fingerprint density at radius 2 is 1.07 bits per heavy atom. The molecule has 0 N–H and O–H groups in total. The van der Waals surface area contributed by atoms with E-state index < -0.39 is 11.6 Å². The van der Waals surface area contributed by atoms with Gasteiger partial charge >= 0.3 is 0 Å². The Bertz CT molecular complexity index is 1140. The molecule has 0 fully saturated rings. The van der Waals surface area contributed by atoms with Crippen LogP contribution >= 0.6 is 0 Å². The van der Waals surface area contributed by atoms with Gasteiger partial charge in [-0.25, -0.2) is 8.78 Å². The van der Waals surface area contributed by atoms with Gasteiger partial charge in [0.05, 0.1) is 5.56 Å². The second kappa shape index (κ2) is 8.12. The molecule has 0 unspecified atom stereocenters. The summed E-state index contributed by atoms with van der Waals surface area (Å²) in [5.41, 5.74) is 6.49. The molecule has 3 aromatic carbocycles. The topological polar surface area (TPSA) is 0 Å². The Labute approximate surface area is 165 Å². The zero-order valence-corrected chi connectivity index (χ0v) is 16.4. The Morgan fingerprint density at radius 1 is 0.571 bits per heavy atom. The molecule has 2 heteroatoms. The first kappa shape index (κ1) is 19.4. The molecule has 0 saturated carbocycles. The van der Waals surface area contributed by atoms with Crippen molar-refractivity contribution in [2.24, 2.45) is 0 Å². The van der Waals surface area contributed by atoms with Gasteiger partial charge < -0.3 is 0 Å². The molecule has 138 valence electrons. The molecular weight excluding hydrogens is 350 g/mol. The van der Waals surface area contributed by atoms with Gasteiger partial charge in [0.1, 0.15) is 11.6 Å². The maximum Gasteiger partial charge on any atom is 0.142 e. The van der Waals surface area contributed by atoms with E-state index in [2.05, 4.69) is 56.6 Å². The molecule has 28 heavy (non-hydrogen) atoms. The average Bonchev–Trinajstić information content (AvgIpc) is 2.64. The van der Waals surface area contributed by atoms with Gasteiger partial charge in [0.15, 0.2) is 0 Å². The lowest BCUT2D eigenvalue weighted by molar-refractivity contribution is 0.575. The maximum atomic E-state index is 13.9. The molecule has 0 radical (unpaired) electrons. The molecule has 0 aliphatic rings. The van der Waals surface area contributed by atoms with Gasteiger partial charge in [0, 0.05) is 16.7 Å². The lowest BCUT2D eigenvalue weighted by Crippen LogP contribution is -1.91. The summed E-state index contributed by atoms with van der Waals surface area (Å²) in [7, 11) is 0. The first-order chi connectivity index (χ1) is 13.3. The summed E-state index contributed by atoms with van der Waals surface area (Å²) in [5, 5.41) is 0. The van der Waals surface area contributed by atoms with Crippen molar-refractivity contribution < 1.29 is 8.78 Å². The number of rotatable bonds is 0. The average molecular weight is 370 g/mol. The molecule has 0 bridgehead atoms. The van der Waals surface area contributed by atoms with Crippen LogP contribution in [0, 0.1) is 63.0 Å². The van der Waals surface area contributed by atoms with Gasteiger partial charge in [-0.1, -0.05) is 29.7 Å². The van der Waals surface area contributed by atoms with Crippen LogP contribution in [0.1, 0.15) is 44.5 Å². The Balaban J connectivity index is 1.82. The minimum absolute atomic E-state index is 0.209. The van der Waals surface area contributed by atoms with E-state index in [1.165, 1.54) is 23.3 Å². The predicted molar refractivity (Wildman–Crippen MR) is 110 cm³/mol. The summed E-state index contributed by atoms with van der Waals surface area (Å²) in [6, 6.07) is 14.1. The van der Waals surface area contributed by atoms with Gasteiger partial charge in [-0.05, 0) is 92.4 Å². The van der Waals surface area contributed by atoms with Crippen LogP contribution < -0.4 is 0 Å². The van der Waals surface area contributed by atoms with Gasteiger partial charge in [0.25, 0.3) is 0 Å². The van der Waals surface area contributed by atoms with Crippen molar-refractivity contribution in [2.75, 3.05) is 0 Å². The summed E-state index contributed by atoms with van der Waals surface area (Å²) in [6.07, 6.45) is 0. The molecule has 0 aliphatic carbocycles. The van der Waals surface area contributed by atoms with Crippen molar-refractivity contribution in [1.82, 2.24) is 0 Å². The van der Waals surface area contributed by atoms with E-state index in [-0.39, 0.29) is 5.56 Å². The van der Waals surface area contributed by atoms with Crippen LogP contribution in [0.2, 0.25) is 0 Å². The lowest BCUT2D eigenvalue weighted by atomic mass is 10.0. The van der Waals surface area contributed by atoms with Crippen molar-refractivity contribution >= 4 is 0 Å². The first-order valence-corrected chi connectivity index (χ1v) is 9.01. The molecule has 0 nitrogen and oxygen atoms in total. The standard InChI is InChI=1S/C26H20F2/c1-17-13-25(27)24(26(28)14-17)12-10-22-7-5-21(6-8-22)9-11-23-16-19(3)18(2)15-20(23)4/h5-8,13-16H,1-4H3. The fourth-order valence-electron chi connectivity index (χ4n) is 2.83. The van der Waals surface area contributed by atoms with Crippen LogP contribution in [-0.4, -0.2) is 0 Å². The van der Waals surface area contributed by atoms with Crippen LogP contribution in [0.25, 0.3) is 0 Å². The predicted octanol–water partition coefficient (Wildman–Crippen LogP) is 6.00. The van der Waals surface area contributed by atoms with Crippen molar-refractivity contribution in [2.45, 2.75) is 27.7 Å². The van der Waals surface area contributed by atoms with E-state index in [4.69, 9.17) is 0 Å². The molecular formula is C26H20F2. The van der Waals surface area contributed by atoms with Crippen LogP contribution in [0.4, 0.5) is 8.78 Å². The largest absolute Gasteiger partial charge is 0.206 e. The highest BCUT2D eigenvalue weighted by Crippen LogP contribution is 2.15. The molecule has 0 atom stereocenters. The highest BCUT2D eigenvalue weighted by atomic mass is 19.1. The van der Waals surface area contributed by atoms with Crippen LogP contribution in [0.15, 0.2) is 48.5 Å². The highest BCUT2D eigenvalue weighted by molar-refractivity contribution is 5.51. The smallest absolute Gasteiger partial charge is 0.142 e. The van der Waals surface area contributed by atoms with Crippen molar-refractivity contribution in [3.63, 3.8) is 0 Å². The van der Waals surface area contributed by atoms with E-state index >= 15 is 0 Å². The first-order valence-electron chi connectivity index (χ1n) is 9.01. The zero-order valence-electron chi connectivity index (χ0n) is 16.4. The van der Waals surface area contributed by atoms with Gasteiger partial charge in [0.2, 0.25) is 0 Å². The second-order valence-electron chi connectivity index (χ2n) is 6.93. The summed E-state index contributed by atoms with van der Waals surface area (Å²) in [4.78, 5) is 0. The molecule has 0 spiro atoms. The maximum absolute atomic E-state index is 13.9. The van der Waals surface area contributed by atoms with Crippen molar-refractivity contribution in [1.29, 1.82) is 0 Å². The molecule has 3 aromatic rings. The number of aryl methyl sites for hydroxylation is 4. The number of hydrogen-bond donors (Lipinski definition) is 0. The summed E-state index contributed by atoms with van der Waals surface area (Å²) in [6.45, 7) is 7.86. The Hall–Kier alpha value is -3.36. The lowest BCUT2D eigenvalue weighted by Gasteiger charge is -2.04. The highest BCUT2D eigenvalue weighted by Gasteiger charge is 2.07. The van der Waals surface area contributed by atoms with E-state index in [9.17, 15) is 8.78 Å². The normalized spacial score (nSPS) is 9.93. The molecule has 0 saturated heterocycles. The van der Waals surface area contributed by atoms with Crippen molar-refractivity contribution in [3.8, 4) is 23.7 Å². The SMILES string of the molecule is Cc1cc(F)c(C#Cc2ccc(C#Cc3cc(C)c(C)cc3C)cc2)c(F)c1. The number of benzene rings is 3. The quantitative estimate of drug-likeness (QED) is 0.426. The van der Waals surface area contributed by atoms with Gasteiger partial charge in [-0.15, -0.1) is 0 Å². The summed E-state index contributed by atoms with van der Waals surface area (Å²) >= 11 is 0. The molecule has 0 amide bonds. The summed E-state index contributed by atoms with van der Waals surface area (Å²) in [5.74, 6) is 10.5. The molecule has 3 rings (SSSR count). The van der Waals surface area contributed by atoms with Crippen LogP contribution in [0.5, 0.6) is 0 Å². The third kappa shape index (κ3) is 4.48. The van der Waals surface area contributed by atoms with E-state index in [0.717, 1.165) is 16.7 Å².